The molecule has 0 radical (unpaired) electrons. The van der Waals surface area contributed by atoms with Crippen LogP contribution in [-0.4, -0.2) is 50.0 Å². The lowest BCUT2D eigenvalue weighted by Crippen LogP contribution is -2.52. The number of benzene rings is 3. The second-order valence-corrected chi connectivity index (χ2v) is 14.4. The second-order valence-electron chi connectivity index (χ2n) is 11.2. The number of carbonyl (C=O) groups excluding carboxylic acids is 2. The molecule has 0 spiro atoms. The van der Waals surface area contributed by atoms with E-state index in [1.807, 2.05) is 30.3 Å². The van der Waals surface area contributed by atoms with Crippen LogP contribution in [0.25, 0.3) is 0 Å². The van der Waals surface area contributed by atoms with E-state index in [2.05, 4.69) is 5.32 Å². The fourth-order valence-electron chi connectivity index (χ4n) is 5.57. The first-order valence-electron chi connectivity index (χ1n) is 14.8. The van der Waals surface area contributed by atoms with Crippen molar-refractivity contribution < 1.29 is 18.0 Å². The Balaban J connectivity index is 1.61. The number of nitrogens with zero attached hydrogens (tertiary/aromatic N) is 2. The molecule has 1 fully saturated rings. The Morgan fingerprint density at radius 3 is 2.27 bits per heavy atom. The minimum atomic E-state index is -3.64. The minimum Gasteiger partial charge on any atom is -0.352 e. The molecule has 1 aliphatic rings. The van der Waals surface area contributed by atoms with Gasteiger partial charge in [0, 0.05) is 37.0 Å². The molecule has 1 unspecified atom stereocenters. The predicted octanol–water partition coefficient (Wildman–Crippen LogP) is 7.28. The summed E-state index contributed by atoms with van der Waals surface area (Å²) in [4.78, 5) is 29.6. The molecule has 236 valence electrons. The Bertz CT molecular complexity index is 1530. The maximum atomic E-state index is 14.0. The first-order valence-corrected chi connectivity index (χ1v) is 17.8. The van der Waals surface area contributed by atoms with Crippen LogP contribution < -0.4 is 9.62 Å². The maximum absolute atomic E-state index is 14.0. The summed E-state index contributed by atoms with van der Waals surface area (Å²) in [6, 6.07) is 20.6. The smallest absolute Gasteiger partial charge is 0.243 e. The molecule has 1 aliphatic carbocycles. The SMILES string of the molecule is CS(=O)(=O)N(CCCC(=O)N(Cc1ccc(Cl)c(Cl)c1)C(Cc1ccccc1)C(=O)NC1CCCCC1)c1cccc(Cl)c1. The minimum absolute atomic E-state index is 0.0237. The molecule has 1 saturated carbocycles. The monoisotopic (exact) mass is 677 g/mol. The van der Waals surface area contributed by atoms with Crippen LogP contribution in [0.15, 0.2) is 72.8 Å². The molecule has 0 bridgehead atoms. The molecule has 3 aromatic carbocycles. The first-order chi connectivity index (χ1) is 21.0. The predicted molar refractivity (Wildman–Crippen MR) is 179 cm³/mol. The van der Waals surface area contributed by atoms with Gasteiger partial charge in [-0.05, 0) is 60.7 Å². The van der Waals surface area contributed by atoms with Crippen LogP contribution in [0.1, 0.15) is 56.1 Å². The van der Waals surface area contributed by atoms with Crippen molar-refractivity contribution in [1.82, 2.24) is 10.2 Å². The van der Waals surface area contributed by atoms with Gasteiger partial charge in [0.25, 0.3) is 0 Å². The van der Waals surface area contributed by atoms with Gasteiger partial charge in [0.1, 0.15) is 6.04 Å². The van der Waals surface area contributed by atoms with Gasteiger partial charge in [0.05, 0.1) is 22.0 Å². The van der Waals surface area contributed by atoms with E-state index in [1.165, 1.54) is 4.31 Å². The number of hydrogen-bond donors (Lipinski definition) is 1. The largest absolute Gasteiger partial charge is 0.352 e. The number of carbonyl (C=O) groups is 2. The molecule has 11 heteroatoms. The molecule has 1 atom stereocenters. The van der Waals surface area contributed by atoms with Crippen molar-refractivity contribution in [3.63, 3.8) is 0 Å². The third kappa shape index (κ3) is 9.86. The van der Waals surface area contributed by atoms with Crippen molar-refractivity contribution in [1.29, 1.82) is 0 Å². The van der Waals surface area contributed by atoms with E-state index in [0.29, 0.717) is 27.2 Å². The third-order valence-corrected chi connectivity index (χ3v) is 9.98. The van der Waals surface area contributed by atoms with E-state index in [-0.39, 0.29) is 43.8 Å². The van der Waals surface area contributed by atoms with E-state index in [9.17, 15) is 18.0 Å². The van der Waals surface area contributed by atoms with Crippen molar-refractivity contribution in [2.75, 3.05) is 17.1 Å². The van der Waals surface area contributed by atoms with Crippen molar-refractivity contribution >= 4 is 62.3 Å². The summed E-state index contributed by atoms with van der Waals surface area (Å²) in [6.07, 6.45) is 6.80. The standard InChI is InChI=1S/C33H38Cl3N3O4S/c1-44(42,43)39(28-15-8-12-26(34)22-28)19-9-16-32(40)38(23-25-17-18-29(35)30(36)20-25)31(21-24-10-4-2-5-11-24)33(41)37-27-13-6-3-7-14-27/h2,4-5,8,10-12,15,17-18,20,22,27,31H,3,6-7,9,13-14,16,19,21,23H2,1H3,(H,37,41). The number of hydrogen-bond acceptors (Lipinski definition) is 4. The lowest BCUT2D eigenvalue weighted by Gasteiger charge is -2.34. The third-order valence-electron chi connectivity index (χ3n) is 7.81. The highest BCUT2D eigenvalue weighted by atomic mass is 35.5. The summed E-state index contributed by atoms with van der Waals surface area (Å²) >= 11 is 18.6. The molecule has 1 N–H and O–H groups in total. The molecule has 2 amide bonds. The van der Waals surface area contributed by atoms with Crippen LogP contribution >= 0.6 is 34.8 Å². The molecule has 0 aromatic heterocycles. The van der Waals surface area contributed by atoms with Gasteiger partial charge in [-0.25, -0.2) is 8.42 Å². The van der Waals surface area contributed by atoms with Crippen LogP contribution in [-0.2, 0) is 32.6 Å². The molecule has 4 rings (SSSR count). The number of nitrogens with one attached hydrogen (secondary N) is 1. The van der Waals surface area contributed by atoms with Crippen molar-refractivity contribution in [3.8, 4) is 0 Å². The van der Waals surface area contributed by atoms with Crippen molar-refractivity contribution in [2.24, 2.45) is 0 Å². The Labute approximate surface area is 275 Å². The maximum Gasteiger partial charge on any atom is 0.243 e. The Hall–Kier alpha value is -2.78. The Kier molecular flexibility index (Phi) is 12.4. The summed E-state index contributed by atoms with van der Waals surface area (Å²) in [5.74, 6) is -0.471. The Morgan fingerprint density at radius 2 is 1.61 bits per heavy atom. The fourth-order valence-corrected chi connectivity index (χ4v) is 7.03. The zero-order chi connectivity index (χ0) is 31.7. The van der Waals surface area contributed by atoms with E-state index in [0.717, 1.165) is 49.5 Å². The second kappa shape index (κ2) is 16.0. The average Bonchev–Trinajstić information content (AvgIpc) is 2.99. The molecule has 7 nitrogen and oxygen atoms in total. The molecule has 0 heterocycles. The Morgan fingerprint density at radius 1 is 0.886 bits per heavy atom. The molecule has 0 aliphatic heterocycles. The van der Waals surface area contributed by atoms with Gasteiger partial charge in [0.15, 0.2) is 0 Å². The molecular formula is C33H38Cl3N3O4S. The van der Waals surface area contributed by atoms with Gasteiger partial charge >= 0.3 is 0 Å². The molecule has 0 saturated heterocycles. The highest BCUT2D eigenvalue weighted by Crippen LogP contribution is 2.26. The van der Waals surface area contributed by atoms with Crippen molar-refractivity contribution in [2.45, 2.75) is 70.0 Å². The number of halogens is 3. The van der Waals surface area contributed by atoms with Crippen LogP contribution in [0.5, 0.6) is 0 Å². The number of rotatable bonds is 13. The van der Waals surface area contributed by atoms with Crippen LogP contribution in [0, 0.1) is 0 Å². The highest BCUT2D eigenvalue weighted by molar-refractivity contribution is 7.92. The topological polar surface area (TPSA) is 86.8 Å². The summed E-state index contributed by atoms with van der Waals surface area (Å²) in [5.41, 5.74) is 2.08. The zero-order valence-electron chi connectivity index (χ0n) is 24.7. The molecule has 44 heavy (non-hydrogen) atoms. The van der Waals surface area contributed by atoms with Crippen LogP contribution in [0.2, 0.25) is 15.1 Å². The van der Waals surface area contributed by atoms with Gasteiger partial charge in [-0.3, -0.25) is 13.9 Å². The summed E-state index contributed by atoms with van der Waals surface area (Å²) in [5, 5.41) is 4.38. The number of sulfonamides is 1. The summed E-state index contributed by atoms with van der Waals surface area (Å²) in [6.45, 7) is 0.207. The van der Waals surface area contributed by atoms with Crippen LogP contribution in [0.4, 0.5) is 5.69 Å². The summed E-state index contributed by atoms with van der Waals surface area (Å²) < 4.78 is 26.6. The fraction of sp³-hybridized carbons (Fsp3) is 0.394. The lowest BCUT2D eigenvalue weighted by molar-refractivity contribution is -0.141. The van der Waals surface area contributed by atoms with E-state index >= 15 is 0 Å². The normalized spacial score (nSPS) is 14.5. The molecular weight excluding hydrogens is 641 g/mol. The van der Waals surface area contributed by atoms with Gasteiger partial charge in [0.2, 0.25) is 21.8 Å². The lowest BCUT2D eigenvalue weighted by atomic mass is 9.94. The number of amides is 2. The molecule has 3 aromatic rings. The van der Waals surface area contributed by atoms with E-state index in [4.69, 9.17) is 34.8 Å². The van der Waals surface area contributed by atoms with E-state index < -0.39 is 16.1 Å². The van der Waals surface area contributed by atoms with E-state index in [1.54, 1.807) is 47.4 Å². The van der Waals surface area contributed by atoms with Gasteiger partial charge in [-0.2, -0.15) is 0 Å². The first kappa shape index (κ1) is 34.1. The number of anilines is 1. The average molecular weight is 679 g/mol. The van der Waals surface area contributed by atoms with Crippen LogP contribution in [0.3, 0.4) is 0 Å². The highest BCUT2D eigenvalue weighted by Gasteiger charge is 2.32. The van der Waals surface area contributed by atoms with Gasteiger partial charge < -0.3 is 10.2 Å². The zero-order valence-corrected chi connectivity index (χ0v) is 27.8. The van der Waals surface area contributed by atoms with Gasteiger partial charge in [-0.15, -0.1) is 0 Å². The van der Waals surface area contributed by atoms with Crippen molar-refractivity contribution in [3.05, 3.63) is 99.0 Å². The van der Waals surface area contributed by atoms with Gasteiger partial charge in [-0.1, -0.05) is 96.5 Å². The quantitative estimate of drug-likeness (QED) is 0.206. The summed E-state index contributed by atoms with van der Waals surface area (Å²) in [7, 11) is -3.64.